The Kier molecular flexibility index (Phi) is 4.76. The lowest BCUT2D eigenvalue weighted by Crippen LogP contribution is -2.44. The molecule has 110 valence electrons. The number of halogens is 1. The summed E-state index contributed by atoms with van der Waals surface area (Å²) in [7, 11) is 1.57. The normalized spacial score (nSPS) is 22.5. The van der Waals surface area contributed by atoms with Gasteiger partial charge in [0.05, 0.1) is 12.1 Å². The van der Waals surface area contributed by atoms with E-state index in [2.05, 4.69) is 19.2 Å². The molecule has 20 heavy (non-hydrogen) atoms. The summed E-state index contributed by atoms with van der Waals surface area (Å²) >= 11 is 6.06. The molecule has 2 rings (SSSR count). The van der Waals surface area contributed by atoms with Gasteiger partial charge in [0, 0.05) is 18.8 Å². The molecule has 0 unspecified atom stereocenters. The molecule has 0 spiro atoms. The molecule has 0 radical (unpaired) electrons. The maximum Gasteiger partial charge on any atom is 0.321 e. The van der Waals surface area contributed by atoms with Gasteiger partial charge in [-0.2, -0.15) is 0 Å². The van der Waals surface area contributed by atoms with Crippen LogP contribution in [0.15, 0.2) is 18.2 Å². The number of carbonyl (C=O) groups is 1. The molecular weight excluding hydrogens is 276 g/mol. The molecule has 5 heteroatoms. The van der Waals surface area contributed by atoms with Crippen molar-refractivity contribution < 1.29 is 9.53 Å². The van der Waals surface area contributed by atoms with Gasteiger partial charge in [-0.3, -0.25) is 0 Å². The summed E-state index contributed by atoms with van der Waals surface area (Å²) in [5.74, 6) is 1.69. The average molecular weight is 297 g/mol. The number of nitrogens with one attached hydrogen (secondary N) is 1. The van der Waals surface area contributed by atoms with E-state index in [9.17, 15) is 4.79 Å². The highest BCUT2D eigenvalue weighted by atomic mass is 35.5. The van der Waals surface area contributed by atoms with Gasteiger partial charge in [-0.05, 0) is 36.5 Å². The molecule has 0 bridgehead atoms. The minimum absolute atomic E-state index is 0.0652. The molecule has 1 aromatic rings. The van der Waals surface area contributed by atoms with Crippen LogP contribution in [0.4, 0.5) is 10.5 Å². The molecule has 4 nitrogen and oxygen atoms in total. The van der Waals surface area contributed by atoms with Crippen molar-refractivity contribution in [3.63, 3.8) is 0 Å². The highest BCUT2D eigenvalue weighted by Crippen LogP contribution is 2.28. The van der Waals surface area contributed by atoms with Crippen LogP contribution in [0.3, 0.4) is 0 Å². The molecule has 2 amide bonds. The minimum Gasteiger partial charge on any atom is -0.495 e. The van der Waals surface area contributed by atoms with Crippen LogP contribution in [0.5, 0.6) is 5.75 Å². The lowest BCUT2D eigenvalue weighted by molar-refractivity contribution is 0.156. The van der Waals surface area contributed by atoms with Crippen LogP contribution >= 0.6 is 11.6 Å². The number of hydrogen-bond acceptors (Lipinski definition) is 2. The van der Waals surface area contributed by atoms with Gasteiger partial charge < -0.3 is 15.0 Å². The van der Waals surface area contributed by atoms with Gasteiger partial charge in [-0.1, -0.05) is 25.4 Å². The number of carbonyl (C=O) groups excluding carboxylic acids is 1. The molecule has 0 aliphatic carbocycles. The van der Waals surface area contributed by atoms with Crippen LogP contribution < -0.4 is 10.1 Å². The highest BCUT2D eigenvalue weighted by Gasteiger charge is 2.25. The summed E-state index contributed by atoms with van der Waals surface area (Å²) in [5.41, 5.74) is 0.687. The maximum absolute atomic E-state index is 12.3. The summed E-state index contributed by atoms with van der Waals surface area (Å²) < 4.78 is 5.09. The van der Waals surface area contributed by atoms with E-state index < -0.39 is 0 Å². The van der Waals surface area contributed by atoms with Crippen molar-refractivity contribution in [3.05, 3.63) is 23.2 Å². The number of likely N-dealkylation sites (tertiary alicyclic amines) is 1. The Morgan fingerprint density at radius 2 is 2.00 bits per heavy atom. The number of ether oxygens (including phenoxy) is 1. The maximum atomic E-state index is 12.3. The van der Waals surface area contributed by atoms with Crippen LogP contribution in [0.25, 0.3) is 0 Å². The fraction of sp³-hybridized carbons (Fsp3) is 0.533. The topological polar surface area (TPSA) is 41.6 Å². The van der Waals surface area contributed by atoms with E-state index in [1.54, 1.807) is 25.3 Å². The van der Waals surface area contributed by atoms with E-state index in [4.69, 9.17) is 16.3 Å². The van der Waals surface area contributed by atoms with Crippen molar-refractivity contribution >= 4 is 23.3 Å². The van der Waals surface area contributed by atoms with Crippen LogP contribution in [0.2, 0.25) is 5.02 Å². The van der Waals surface area contributed by atoms with Crippen molar-refractivity contribution in [2.75, 3.05) is 25.5 Å². The van der Waals surface area contributed by atoms with E-state index in [1.807, 2.05) is 4.90 Å². The monoisotopic (exact) mass is 296 g/mol. The largest absolute Gasteiger partial charge is 0.495 e. The second-order valence-corrected chi connectivity index (χ2v) is 6.04. The molecule has 2 atom stereocenters. The Morgan fingerprint density at radius 1 is 1.35 bits per heavy atom. The number of anilines is 1. The second kappa shape index (κ2) is 6.35. The zero-order valence-electron chi connectivity index (χ0n) is 12.1. The van der Waals surface area contributed by atoms with E-state index in [0.29, 0.717) is 28.3 Å². The first kappa shape index (κ1) is 15.0. The summed E-state index contributed by atoms with van der Waals surface area (Å²) in [6.07, 6.45) is 1.18. The Balaban J connectivity index is 2.02. The lowest BCUT2D eigenvalue weighted by atomic mass is 9.92. The molecule has 1 heterocycles. The van der Waals surface area contributed by atoms with Gasteiger partial charge in [0.1, 0.15) is 5.75 Å². The summed E-state index contributed by atoms with van der Waals surface area (Å²) in [4.78, 5) is 14.1. The number of piperidine rings is 1. The first-order valence-corrected chi connectivity index (χ1v) is 7.27. The molecule has 1 N–H and O–H groups in total. The number of nitrogens with zero attached hydrogens (tertiary/aromatic N) is 1. The second-order valence-electron chi connectivity index (χ2n) is 5.63. The number of hydrogen-bond donors (Lipinski definition) is 1. The number of urea groups is 1. The summed E-state index contributed by atoms with van der Waals surface area (Å²) in [6.45, 7) is 5.97. The van der Waals surface area contributed by atoms with Crippen LogP contribution in [-0.4, -0.2) is 31.1 Å². The smallest absolute Gasteiger partial charge is 0.321 e. The molecule has 0 saturated carbocycles. The predicted octanol–water partition coefficient (Wildman–Crippen LogP) is 3.86. The van der Waals surface area contributed by atoms with Crippen molar-refractivity contribution in [2.45, 2.75) is 20.3 Å². The molecule has 0 aromatic heterocycles. The number of amides is 2. The van der Waals surface area contributed by atoms with E-state index in [0.717, 1.165) is 13.1 Å². The van der Waals surface area contributed by atoms with Crippen LogP contribution in [0, 0.1) is 11.8 Å². The fourth-order valence-corrected chi connectivity index (χ4v) is 3.03. The molecular formula is C15H21ClN2O2. The van der Waals surface area contributed by atoms with Crippen molar-refractivity contribution in [2.24, 2.45) is 11.8 Å². The van der Waals surface area contributed by atoms with E-state index >= 15 is 0 Å². The Morgan fingerprint density at radius 3 is 2.55 bits per heavy atom. The predicted molar refractivity (Wildman–Crippen MR) is 81.5 cm³/mol. The van der Waals surface area contributed by atoms with Gasteiger partial charge in [0.15, 0.2) is 0 Å². The minimum atomic E-state index is -0.0652. The van der Waals surface area contributed by atoms with Crippen molar-refractivity contribution in [1.82, 2.24) is 4.90 Å². The highest BCUT2D eigenvalue weighted by molar-refractivity contribution is 6.32. The lowest BCUT2D eigenvalue weighted by Gasteiger charge is -2.34. The molecule has 1 aliphatic rings. The first-order chi connectivity index (χ1) is 9.49. The Bertz CT molecular complexity index is 483. The summed E-state index contributed by atoms with van der Waals surface area (Å²) in [5, 5.41) is 3.38. The fourth-order valence-electron chi connectivity index (χ4n) is 2.78. The Hall–Kier alpha value is -1.42. The first-order valence-electron chi connectivity index (χ1n) is 6.89. The SMILES string of the molecule is COc1ccc(NC(=O)N2C[C@@H](C)C[C@H](C)C2)cc1Cl. The van der Waals surface area contributed by atoms with Crippen LogP contribution in [0.1, 0.15) is 20.3 Å². The third-order valence-electron chi connectivity index (χ3n) is 3.56. The zero-order valence-corrected chi connectivity index (χ0v) is 12.9. The number of methoxy groups -OCH3 is 1. The third-order valence-corrected chi connectivity index (χ3v) is 3.85. The molecule has 1 aliphatic heterocycles. The molecule has 1 aromatic carbocycles. The van der Waals surface area contributed by atoms with Crippen molar-refractivity contribution in [3.8, 4) is 5.75 Å². The van der Waals surface area contributed by atoms with Gasteiger partial charge in [-0.15, -0.1) is 0 Å². The van der Waals surface area contributed by atoms with Crippen molar-refractivity contribution in [1.29, 1.82) is 0 Å². The van der Waals surface area contributed by atoms with Gasteiger partial charge in [-0.25, -0.2) is 4.79 Å². The standard InChI is InChI=1S/C15H21ClN2O2/c1-10-6-11(2)9-18(8-10)15(19)17-12-4-5-14(20-3)13(16)7-12/h4-5,7,10-11H,6,8-9H2,1-3H3,(H,17,19)/t10-,11-/m0/s1. The van der Waals surface area contributed by atoms with Gasteiger partial charge in [0.25, 0.3) is 0 Å². The third kappa shape index (κ3) is 3.57. The van der Waals surface area contributed by atoms with Gasteiger partial charge >= 0.3 is 6.03 Å². The summed E-state index contributed by atoms with van der Waals surface area (Å²) in [6, 6.07) is 5.18. The quantitative estimate of drug-likeness (QED) is 0.900. The van der Waals surface area contributed by atoms with Crippen LogP contribution in [-0.2, 0) is 0 Å². The van der Waals surface area contributed by atoms with Gasteiger partial charge in [0.2, 0.25) is 0 Å². The average Bonchev–Trinajstić information content (AvgIpc) is 2.37. The molecule has 1 saturated heterocycles. The van der Waals surface area contributed by atoms with E-state index in [1.165, 1.54) is 6.42 Å². The molecule has 1 fully saturated rings. The number of rotatable bonds is 2. The zero-order chi connectivity index (χ0) is 14.7. The van der Waals surface area contributed by atoms with E-state index in [-0.39, 0.29) is 6.03 Å². The Labute approximate surface area is 125 Å². The number of benzene rings is 1.